The first-order chi connectivity index (χ1) is 8.74. The standard InChI is InChI=1S/C15H20ClNO/c1-10-2-5-14(13(16)8-10)18-15(11-3-4-11)12-6-7-17-9-12/h2,5,8,11-12,15,17H,3-4,6-7,9H2,1H3/t12-,15-/m1/s1. The van der Waals surface area contributed by atoms with Gasteiger partial charge in [-0.05, 0) is 56.3 Å². The van der Waals surface area contributed by atoms with Gasteiger partial charge in [0.2, 0.25) is 0 Å². The van der Waals surface area contributed by atoms with Gasteiger partial charge in [0.1, 0.15) is 11.9 Å². The Hall–Kier alpha value is -0.730. The summed E-state index contributed by atoms with van der Waals surface area (Å²) in [6, 6.07) is 6.06. The number of aryl methyl sites for hydroxylation is 1. The molecule has 1 heterocycles. The fourth-order valence-electron chi connectivity index (χ4n) is 2.81. The monoisotopic (exact) mass is 265 g/mol. The predicted molar refractivity (Wildman–Crippen MR) is 74.3 cm³/mol. The maximum absolute atomic E-state index is 6.26. The lowest BCUT2D eigenvalue weighted by Crippen LogP contribution is -2.30. The molecule has 2 fully saturated rings. The van der Waals surface area contributed by atoms with Crippen molar-refractivity contribution in [2.45, 2.75) is 32.3 Å². The van der Waals surface area contributed by atoms with Crippen molar-refractivity contribution >= 4 is 11.6 Å². The summed E-state index contributed by atoms with van der Waals surface area (Å²) >= 11 is 6.26. The van der Waals surface area contributed by atoms with Crippen molar-refractivity contribution < 1.29 is 4.74 Å². The minimum atomic E-state index is 0.347. The van der Waals surface area contributed by atoms with Crippen LogP contribution in [0.3, 0.4) is 0 Å². The predicted octanol–water partition coefficient (Wildman–Crippen LogP) is 3.42. The highest BCUT2D eigenvalue weighted by Gasteiger charge is 2.39. The smallest absolute Gasteiger partial charge is 0.138 e. The summed E-state index contributed by atoms with van der Waals surface area (Å²) in [7, 11) is 0. The molecule has 1 aromatic carbocycles. The van der Waals surface area contributed by atoms with Gasteiger partial charge in [0.25, 0.3) is 0 Å². The van der Waals surface area contributed by atoms with E-state index in [4.69, 9.17) is 16.3 Å². The summed E-state index contributed by atoms with van der Waals surface area (Å²) in [5, 5.41) is 4.17. The lowest BCUT2D eigenvalue weighted by molar-refractivity contribution is 0.121. The van der Waals surface area contributed by atoms with Gasteiger partial charge in [0.05, 0.1) is 5.02 Å². The van der Waals surface area contributed by atoms with Crippen molar-refractivity contribution in [1.82, 2.24) is 5.32 Å². The van der Waals surface area contributed by atoms with E-state index in [0.717, 1.165) is 29.8 Å². The molecule has 18 heavy (non-hydrogen) atoms. The van der Waals surface area contributed by atoms with E-state index in [1.54, 1.807) is 0 Å². The molecule has 2 aliphatic rings. The second-order valence-electron chi connectivity index (χ2n) is 5.61. The number of nitrogens with one attached hydrogen (secondary N) is 1. The number of ether oxygens (including phenoxy) is 1. The van der Waals surface area contributed by atoms with Crippen molar-refractivity contribution in [2.24, 2.45) is 11.8 Å². The van der Waals surface area contributed by atoms with Crippen LogP contribution in [0.1, 0.15) is 24.8 Å². The van der Waals surface area contributed by atoms with Crippen LogP contribution in [0.2, 0.25) is 5.02 Å². The van der Waals surface area contributed by atoms with Crippen molar-refractivity contribution in [2.75, 3.05) is 13.1 Å². The van der Waals surface area contributed by atoms with E-state index in [1.807, 2.05) is 12.1 Å². The van der Waals surface area contributed by atoms with Crippen molar-refractivity contribution in [3.8, 4) is 5.75 Å². The van der Waals surface area contributed by atoms with Crippen LogP contribution in [0.4, 0.5) is 0 Å². The third-order valence-electron chi connectivity index (χ3n) is 4.00. The summed E-state index contributed by atoms with van der Waals surface area (Å²) in [6.45, 7) is 4.26. The van der Waals surface area contributed by atoms with Crippen LogP contribution in [0.25, 0.3) is 0 Å². The number of hydrogen-bond acceptors (Lipinski definition) is 2. The number of rotatable bonds is 4. The zero-order valence-electron chi connectivity index (χ0n) is 10.8. The zero-order chi connectivity index (χ0) is 12.5. The maximum Gasteiger partial charge on any atom is 0.138 e. The van der Waals surface area contributed by atoms with E-state index >= 15 is 0 Å². The molecule has 0 radical (unpaired) electrons. The first-order valence-corrected chi connectivity index (χ1v) is 7.25. The van der Waals surface area contributed by atoms with Gasteiger partial charge >= 0.3 is 0 Å². The zero-order valence-corrected chi connectivity index (χ0v) is 11.5. The molecule has 0 amide bonds. The molecule has 0 spiro atoms. The molecule has 1 N–H and O–H groups in total. The second-order valence-corrected chi connectivity index (χ2v) is 6.01. The molecule has 1 aliphatic carbocycles. The Morgan fingerprint density at radius 3 is 2.72 bits per heavy atom. The third-order valence-corrected chi connectivity index (χ3v) is 4.30. The summed E-state index contributed by atoms with van der Waals surface area (Å²) in [5.74, 6) is 2.24. The average Bonchev–Trinajstić information content (AvgIpc) is 3.03. The Balaban J connectivity index is 1.75. The molecule has 0 aromatic heterocycles. The minimum absolute atomic E-state index is 0.347. The van der Waals surface area contributed by atoms with Gasteiger partial charge in [0, 0.05) is 12.5 Å². The highest BCUT2D eigenvalue weighted by atomic mass is 35.5. The van der Waals surface area contributed by atoms with Crippen LogP contribution in [0.15, 0.2) is 18.2 Å². The molecule has 1 saturated carbocycles. The average molecular weight is 266 g/mol. The van der Waals surface area contributed by atoms with E-state index in [1.165, 1.54) is 24.8 Å². The Morgan fingerprint density at radius 1 is 1.28 bits per heavy atom. The normalized spacial score (nSPS) is 25.1. The SMILES string of the molecule is Cc1ccc(O[C@H](C2CC2)[C@@H]2CCNC2)c(Cl)c1. The van der Waals surface area contributed by atoms with Gasteiger partial charge in [-0.3, -0.25) is 0 Å². The van der Waals surface area contributed by atoms with Crippen molar-refractivity contribution in [1.29, 1.82) is 0 Å². The molecule has 2 atom stereocenters. The third kappa shape index (κ3) is 2.65. The van der Waals surface area contributed by atoms with Gasteiger partial charge in [-0.2, -0.15) is 0 Å². The molecule has 1 aromatic rings. The Bertz CT molecular complexity index is 425. The first kappa shape index (κ1) is 12.3. The Kier molecular flexibility index (Phi) is 3.49. The lowest BCUT2D eigenvalue weighted by atomic mass is 9.97. The van der Waals surface area contributed by atoms with Crippen LogP contribution in [0.5, 0.6) is 5.75 Å². The molecular formula is C15H20ClNO. The number of benzene rings is 1. The minimum Gasteiger partial charge on any atom is -0.488 e. The van der Waals surface area contributed by atoms with Gasteiger partial charge < -0.3 is 10.1 Å². The van der Waals surface area contributed by atoms with Gasteiger partial charge in [-0.1, -0.05) is 17.7 Å². The Labute approximate surface area is 114 Å². The van der Waals surface area contributed by atoms with Gasteiger partial charge in [0.15, 0.2) is 0 Å². The van der Waals surface area contributed by atoms with Gasteiger partial charge in [-0.25, -0.2) is 0 Å². The second kappa shape index (κ2) is 5.10. The lowest BCUT2D eigenvalue weighted by Gasteiger charge is -2.25. The summed E-state index contributed by atoms with van der Waals surface area (Å²) in [4.78, 5) is 0. The van der Waals surface area contributed by atoms with E-state index in [-0.39, 0.29) is 0 Å². The fraction of sp³-hybridized carbons (Fsp3) is 0.600. The Morgan fingerprint density at radius 2 is 2.11 bits per heavy atom. The number of halogens is 1. The topological polar surface area (TPSA) is 21.3 Å². The van der Waals surface area contributed by atoms with E-state index < -0.39 is 0 Å². The van der Waals surface area contributed by atoms with Crippen LogP contribution in [-0.2, 0) is 0 Å². The van der Waals surface area contributed by atoms with Crippen molar-refractivity contribution in [3.63, 3.8) is 0 Å². The summed E-state index contributed by atoms with van der Waals surface area (Å²) < 4.78 is 6.24. The van der Waals surface area contributed by atoms with Crippen LogP contribution in [0, 0.1) is 18.8 Å². The summed E-state index contributed by atoms with van der Waals surface area (Å²) in [6.07, 6.45) is 4.19. The van der Waals surface area contributed by atoms with Crippen LogP contribution in [-0.4, -0.2) is 19.2 Å². The molecular weight excluding hydrogens is 246 g/mol. The van der Waals surface area contributed by atoms with Crippen molar-refractivity contribution in [3.05, 3.63) is 28.8 Å². The van der Waals surface area contributed by atoms with E-state index in [0.29, 0.717) is 12.0 Å². The largest absolute Gasteiger partial charge is 0.488 e. The molecule has 3 rings (SSSR count). The molecule has 3 heteroatoms. The van der Waals surface area contributed by atoms with E-state index in [2.05, 4.69) is 18.3 Å². The van der Waals surface area contributed by atoms with Crippen LogP contribution < -0.4 is 10.1 Å². The highest BCUT2D eigenvalue weighted by Crippen LogP contribution is 2.41. The molecule has 1 aliphatic heterocycles. The quantitative estimate of drug-likeness (QED) is 0.901. The highest BCUT2D eigenvalue weighted by molar-refractivity contribution is 6.32. The van der Waals surface area contributed by atoms with Crippen LogP contribution >= 0.6 is 11.6 Å². The summed E-state index contributed by atoms with van der Waals surface area (Å²) in [5.41, 5.74) is 1.18. The molecule has 0 bridgehead atoms. The van der Waals surface area contributed by atoms with E-state index in [9.17, 15) is 0 Å². The molecule has 0 unspecified atom stereocenters. The molecule has 98 valence electrons. The molecule has 2 nitrogen and oxygen atoms in total. The molecule has 1 saturated heterocycles. The maximum atomic E-state index is 6.26. The fourth-order valence-corrected chi connectivity index (χ4v) is 3.09. The van der Waals surface area contributed by atoms with Gasteiger partial charge in [-0.15, -0.1) is 0 Å². The first-order valence-electron chi connectivity index (χ1n) is 6.87. The number of hydrogen-bond donors (Lipinski definition) is 1.